The Morgan fingerprint density at radius 2 is 2.28 bits per heavy atom. The summed E-state index contributed by atoms with van der Waals surface area (Å²) in [5, 5.41) is 16.5. The first kappa shape index (κ1) is 17.2. The van der Waals surface area contributed by atoms with Gasteiger partial charge in [0, 0.05) is 5.56 Å². The maximum absolute atomic E-state index is 13.9. The molecule has 0 fully saturated rings. The summed E-state index contributed by atoms with van der Waals surface area (Å²) < 4.78 is 26.8. The van der Waals surface area contributed by atoms with E-state index in [2.05, 4.69) is 26.5 Å². The van der Waals surface area contributed by atoms with Crippen LogP contribution in [0.3, 0.4) is 0 Å². The molecule has 2 bridgehead atoms. The van der Waals surface area contributed by atoms with Crippen LogP contribution in [0.4, 0.5) is 10.2 Å². The van der Waals surface area contributed by atoms with Gasteiger partial charge in [0.05, 0.1) is 31.2 Å². The predicted molar refractivity (Wildman–Crippen MR) is 95.8 cm³/mol. The first-order valence-electron chi connectivity index (χ1n) is 8.83. The van der Waals surface area contributed by atoms with E-state index in [9.17, 15) is 14.4 Å². The smallest absolute Gasteiger partial charge is 0.259 e. The number of nitrogens with one attached hydrogen (secondary N) is 1. The van der Waals surface area contributed by atoms with Crippen molar-refractivity contribution >= 4 is 17.4 Å². The minimum Gasteiger partial charge on any atom is -0.485 e. The highest BCUT2D eigenvalue weighted by atomic mass is 19.1. The zero-order valence-electron chi connectivity index (χ0n) is 15.2. The van der Waals surface area contributed by atoms with Crippen LogP contribution in [0.25, 0.3) is 5.65 Å². The summed E-state index contributed by atoms with van der Waals surface area (Å²) in [5.41, 5.74) is 0.962. The number of carbonyl (C=O) groups excluding carboxylic acids is 1. The maximum Gasteiger partial charge on any atom is 0.259 e. The van der Waals surface area contributed by atoms with Crippen LogP contribution < -0.4 is 19.7 Å². The van der Waals surface area contributed by atoms with Gasteiger partial charge >= 0.3 is 0 Å². The molecule has 1 amide bonds. The van der Waals surface area contributed by atoms with Crippen molar-refractivity contribution in [3.8, 4) is 17.7 Å². The minimum atomic E-state index is -0.746. The van der Waals surface area contributed by atoms with Gasteiger partial charge in [0.15, 0.2) is 29.5 Å². The van der Waals surface area contributed by atoms with Crippen molar-refractivity contribution in [3.05, 3.63) is 41.6 Å². The fraction of sp³-hybridized carbons (Fsp3) is 0.278. The number of carbonyl (C=O) groups is 1. The lowest BCUT2D eigenvalue weighted by atomic mass is 10.1. The topological polar surface area (TPSA) is 118 Å². The first-order chi connectivity index (χ1) is 14.0. The molecule has 0 saturated carbocycles. The van der Waals surface area contributed by atoms with Crippen LogP contribution in [0, 0.1) is 17.1 Å². The van der Waals surface area contributed by atoms with Gasteiger partial charge in [-0.05, 0) is 13.0 Å². The van der Waals surface area contributed by atoms with Crippen LogP contribution >= 0.6 is 0 Å². The number of nitriles is 1. The van der Waals surface area contributed by atoms with Crippen molar-refractivity contribution < 1.29 is 18.7 Å². The number of halogens is 1. The molecule has 0 unspecified atom stereocenters. The van der Waals surface area contributed by atoms with Gasteiger partial charge in [-0.2, -0.15) is 10.4 Å². The van der Waals surface area contributed by atoms with Crippen LogP contribution in [0.5, 0.6) is 11.6 Å². The lowest BCUT2D eigenvalue weighted by molar-refractivity contribution is 0.0845. The Hall–Kier alpha value is -3.94. The summed E-state index contributed by atoms with van der Waals surface area (Å²) in [4.78, 5) is 23.0. The third kappa shape index (κ3) is 2.77. The van der Waals surface area contributed by atoms with Gasteiger partial charge in [-0.1, -0.05) is 0 Å². The number of fused-ring (bicyclic) bond motifs is 1. The molecule has 11 heteroatoms. The van der Waals surface area contributed by atoms with E-state index < -0.39 is 24.0 Å². The molecule has 0 aliphatic carbocycles. The number of ether oxygens (including phenoxy) is 2. The van der Waals surface area contributed by atoms with E-state index in [0.717, 1.165) is 6.20 Å². The Kier molecular flexibility index (Phi) is 3.73. The summed E-state index contributed by atoms with van der Waals surface area (Å²) in [5.74, 6) is -0.0743. The SMILES string of the molecule is C[C@H]1NC(=O)c2cnn3cc4c(nc23)N(Cc2cc(F)cnc2O1)[C@H](C#N)CO4. The number of pyridine rings is 1. The van der Waals surface area contributed by atoms with Crippen molar-refractivity contribution in [2.24, 2.45) is 0 Å². The van der Waals surface area contributed by atoms with E-state index in [1.807, 2.05) is 0 Å². The monoisotopic (exact) mass is 395 g/mol. The molecule has 3 aromatic rings. The molecule has 2 aliphatic rings. The average molecular weight is 395 g/mol. The summed E-state index contributed by atoms with van der Waals surface area (Å²) in [6.07, 6.45) is 3.29. The second-order valence-corrected chi connectivity index (χ2v) is 6.69. The van der Waals surface area contributed by atoms with Gasteiger partial charge in [-0.25, -0.2) is 18.9 Å². The van der Waals surface area contributed by atoms with E-state index in [0.29, 0.717) is 22.8 Å². The molecule has 5 heterocycles. The standard InChI is InChI=1S/C18H14FN7O3/c1-9-23-17(27)13-5-22-26-7-14-16(24-15(13)26)25(12(3-20)8-28-14)6-10-2-11(19)4-21-18(10)29-9/h2,4-5,7,9,12H,6,8H2,1H3,(H,23,27)/t9-,12+/m0/s1. The van der Waals surface area contributed by atoms with Crippen LogP contribution in [0.2, 0.25) is 0 Å². The Labute approximate surface area is 163 Å². The maximum atomic E-state index is 13.9. The Balaban J connectivity index is 1.75. The lowest BCUT2D eigenvalue weighted by Gasteiger charge is -2.34. The Morgan fingerprint density at radius 1 is 1.41 bits per heavy atom. The highest BCUT2D eigenvalue weighted by Crippen LogP contribution is 2.35. The lowest BCUT2D eigenvalue weighted by Crippen LogP contribution is -2.43. The number of hydrogen-bond donors (Lipinski definition) is 1. The number of amides is 1. The van der Waals surface area contributed by atoms with Gasteiger partial charge in [0.25, 0.3) is 5.91 Å². The fourth-order valence-electron chi connectivity index (χ4n) is 3.38. The Bertz CT molecular complexity index is 1190. The normalized spacial score (nSPS) is 20.6. The third-order valence-electron chi connectivity index (χ3n) is 4.73. The quantitative estimate of drug-likeness (QED) is 0.600. The molecule has 0 spiro atoms. The van der Waals surface area contributed by atoms with Crippen molar-refractivity contribution in [1.82, 2.24) is 24.9 Å². The molecule has 0 radical (unpaired) electrons. The zero-order chi connectivity index (χ0) is 20.1. The molecule has 2 atom stereocenters. The van der Waals surface area contributed by atoms with Gasteiger partial charge < -0.3 is 19.7 Å². The third-order valence-corrected chi connectivity index (χ3v) is 4.73. The molecule has 29 heavy (non-hydrogen) atoms. The number of aromatic nitrogens is 4. The van der Waals surface area contributed by atoms with Gasteiger partial charge in [-0.15, -0.1) is 0 Å². The molecule has 10 nitrogen and oxygen atoms in total. The molecule has 3 aromatic heterocycles. The molecule has 1 N–H and O–H groups in total. The number of nitrogens with zero attached hydrogens (tertiary/aromatic N) is 6. The van der Waals surface area contributed by atoms with Crippen LogP contribution in [-0.2, 0) is 6.54 Å². The van der Waals surface area contributed by atoms with Gasteiger partial charge in [0.2, 0.25) is 5.88 Å². The van der Waals surface area contributed by atoms with Gasteiger partial charge in [-0.3, -0.25) is 4.79 Å². The number of rotatable bonds is 0. The minimum absolute atomic E-state index is 0.0979. The van der Waals surface area contributed by atoms with E-state index in [1.54, 1.807) is 18.0 Å². The first-order valence-corrected chi connectivity index (χ1v) is 8.83. The highest BCUT2D eigenvalue weighted by Gasteiger charge is 2.32. The van der Waals surface area contributed by atoms with E-state index >= 15 is 0 Å². The molecule has 2 aliphatic heterocycles. The van der Waals surface area contributed by atoms with Crippen molar-refractivity contribution in [3.63, 3.8) is 0 Å². The second-order valence-electron chi connectivity index (χ2n) is 6.69. The zero-order valence-corrected chi connectivity index (χ0v) is 15.2. The molecule has 0 saturated heterocycles. The summed E-state index contributed by atoms with van der Waals surface area (Å²) in [6, 6.07) is 2.79. The van der Waals surface area contributed by atoms with Crippen molar-refractivity contribution in [1.29, 1.82) is 5.26 Å². The van der Waals surface area contributed by atoms with E-state index in [4.69, 9.17) is 9.47 Å². The van der Waals surface area contributed by atoms with Crippen molar-refractivity contribution in [2.45, 2.75) is 25.7 Å². The molecular formula is C18H14FN7O3. The van der Waals surface area contributed by atoms with Gasteiger partial charge in [0.1, 0.15) is 18.0 Å². The molecule has 0 aromatic carbocycles. The van der Waals surface area contributed by atoms with Crippen molar-refractivity contribution in [2.75, 3.05) is 11.5 Å². The second kappa shape index (κ2) is 6.30. The van der Waals surface area contributed by atoms with E-state index in [-0.39, 0.29) is 24.6 Å². The van der Waals surface area contributed by atoms with Crippen LogP contribution in [-0.4, -0.2) is 44.4 Å². The molecular weight excluding hydrogens is 381 g/mol. The largest absolute Gasteiger partial charge is 0.485 e. The number of anilines is 1. The number of hydrogen-bond acceptors (Lipinski definition) is 8. The summed E-state index contributed by atoms with van der Waals surface area (Å²) in [7, 11) is 0. The van der Waals surface area contributed by atoms with Crippen LogP contribution in [0.15, 0.2) is 24.7 Å². The molecule has 146 valence electrons. The highest BCUT2D eigenvalue weighted by molar-refractivity contribution is 6.00. The fourth-order valence-corrected chi connectivity index (χ4v) is 3.38. The summed E-state index contributed by atoms with van der Waals surface area (Å²) >= 11 is 0. The Morgan fingerprint density at radius 3 is 3.10 bits per heavy atom. The van der Waals surface area contributed by atoms with Crippen LogP contribution in [0.1, 0.15) is 22.8 Å². The van der Waals surface area contributed by atoms with E-state index in [1.165, 1.54) is 16.8 Å². The predicted octanol–water partition coefficient (Wildman–Crippen LogP) is 1.02. The summed E-state index contributed by atoms with van der Waals surface area (Å²) in [6.45, 7) is 1.84. The molecule has 5 rings (SSSR count). The average Bonchev–Trinajstić information content (AvgIpc) is 3.11.